The molecule has 2 aromatic rings. The van der Waals surface area contributed by atoms with E-state index < -0.39 is 0 Å². The van der Waals surface area contributed by atoms with Gasteiger partial charge in [0, 0.05) is 37.5 Å². The van der Waals surface area contributed by atoms with Gasteiger partial charge in [0.15, 0.2) is 0 Å². The molecule has 0 spiro atoms. The van der Waals surface area contributed by atoms with E-state index >= 15 is 0 Å². The Bertz CT molecular complexity index is 763. The van der Waals surface area contributed by atoms with E-state index in [1.54, 1.807) is 24.1 Å². The van der Waals surface area contributed by atoms with Gasteiger partial charge in [0.05, 0.1) is 0 Å². The molecule has 1 saturated heterocycles. The second kappa shape index (κ2) is 8.15. The lowest BCUT2D eigenvalue weighted by Crippen LogP contribution is -2.28. The molecule has 26 heavy (non-hydrogen) atoms. The molecule has 0 radical (unpaired) electrons. The molecule has 1 unspecified atom stereocenters. The van der Waals surface area contributed by atoms with Crippen LogP contribution in [-0.4, -0.2) is 32.0 Å². The first-order valence-electron chi connectivity index (χ1n) is 9.01. The van der Waals surface area contributed by atoms with Crippen molar-refractivity contribution < 1.29 is 9.59 Å². The molecule has 0 aliphatic carbocycles. The summed E-state index contributed by atoms with van der Waals surface area (Å²) in [6.07, 6.45) is 2.39. The molecule has 2 aromatic carbocycles. The molecular weight excluding hydrogens is 326 g/mol. The van der Waals surface area contributed by atoms with E-state index in [-0.39, 0.29) is 11.8 Å². The van der Waals surface area contributed by atoms with Gasteiger partial charge in [-0.05, 0) is 67.3 Å². The number of carbonyl (C=O) groups excluding carboxylic acids is 2. The van der Waals surface area contributed by atoms with Crippen LogP contribution in [0.5, 0.6) is 0 Å². The van der Waals surface area contributed by atoms with Crippen LogP contribution in [0.2, 0.25) is 0 Å². The molecule has 1 aliphatic heterocycles. The number of rotatable bonds is 4. The van der Waals surface area contributed by atoms with Crippen LogP contribution in [0.15, 0.2) is 48.5 Å². The molecule has 0 aromatic heterocycles. The monoisotopic (exact) mass is 351 g/mol. The fourth-order valence-corrected chi connectivity index (χ4v) is 3.32. The highest BCUT2D eigenvalue weighted by atomic mass is 16.2. The first-order chi connectivity index (χ1) is 12.5. The fourth-order valence-electron chi connectivity index (χ4n) is 3.32. The summed E-state index contributed by atoms with van der Waals surface area (Å²) in [4.78, 5) is 25.4. The first-order valence-corrected chi connectivity index (χ1v) is 9.01. The fraction of sp³-hybridized carbons (Fsp3) is 0.333. The summed E-state index contributed by atoms with van der Waals surface area (Å²) >= 11 is 0. The van der Waals surface area contributed by atoms with E-state index in [1.807, 2.05) is 24.3 Å². The van der Waals surface area contributed by atoms with E-state index in [0.717, 1.165) is 18.8 Å². The third-order valence-corrected chi connectivity index (χ3v) is 4.81. The average molecular weight is 351 g/mol. The summed E-state index contributed by atoms with van der Waals surface area (Å²) in [6.45, 7) is 3.57. The summed E-state index contributed by atoms with van der Waals surface area (Å²) in [5.74, 6) is 0.369. The van der Waals surface area contributed by atoms with Crippen molar-refractivity contribution in [1.82, 2.24) is 5.32 Å². The van der Waals surface area contributed by atoms with Gasteiger partial charge in [-0.1, -0.05) is 12.1 Å². The highest BCUT2D eigenvalue weighted by molar-refractivity contribution is 6.05. The molecule has 0 bridgehead atoms. The molecule has 1 fully saturated rings. The molecule has 1 aliphatic rings. The van der Waals surface area contributed by atoms with Crippen molar-refractivity contribution in [2.75, 3.05) is 30.4 Å². The van der Waals surface area contributed by atoms with Crippen LogP contribution in [0.25, 0.3) is 0 Å². The minimum atomic E-state index is -0.115. The Morgan fingerprint density at radius 2 is 1.77 bits per heavy atom. The van der Waals surface area contributed by atoms with E-state index in [1.165, 1.54) is 25.3 Å². The zero-order valence-electron chi connectivity index (χ0n) is 15.3. The zero-order chi connectivity index (χ0) is 18.5. The molecule has 0 saturated carbocycles. The van der Waals surface area contributed by atoms with Gasteiger partial charge in [0.2, 0.25) is 5.91 Å². The maximum absolute atomic E-state index is 12.7. The van der Waals surface area contributed by atoms with Gasteiger partial charge < -0.3 is 15.5 Å². The third-order valence-electron chi connectivity index (χ3n) is 4.81. The lowest BCUT2D eigenvalue weighted by Gasteiger charge is -2.23. The second-order valence-corrected chi connectivity index (χ2v) is 6.76. The Morgan fingerprint density at radius 3 is 2.35 bits per heavy atom. The molecule has 5 nitrogen and oxygen atoms in total. The number of benzene rings is 2. The maximum atomic E-state index is 12.7. The van der Waals surface area contributed by atoms with Crippen LogP contribution in [0.4, 0.5) is 11.4 Å². The summed E-state index contributed by atoms with van der Waals surface area (Å²) < 4.78 is 0. The number of carbonyl (C=O) groups is 2. The maximum Gasteiger partial charge on any atom is 0.258 e. The van der Waals surface area contributed by atoms with Crippen molar-refractivity contribution >= 4 is 23.2 Å². The van der Waals surface area contributed by atoms with E-state index in [2.05, 4.69) is 22.8 Å². The Hall–Kier alpha value is -2.66. The van der Waals surface area contributed by atoms with Crippen molar-refractivity contribution in [1.29, 1.82) is 0 Å². The van der Waals surface area contributed by atoms with E-state index in [4.69, 9.17) is 0 Å². The molecule has 5 heteroatoms. The predicted molar refractivity (Wildman–Crippen MR) is 105 cm³/mol. The highest BCUT2D eigenvalue weighted by Gasteiger charge is 2.17. The van der Waals surface area contributed by atoms with Gasteiger partial charge in [0.25, 0.3) is 5.91 Å². The van der Waals surface area contributed by atoms with E-state index in [0.29, 0.717) is 17.2 Å². The molecule has 2 N–H and O–H groups in total. The Balaban J connectivity index is 1.68. The number of nitrogens with one attached hydrogen (secondary N) is 2. The SMILES string of the molecule is CC(=O)Nc1ccc(N(C)C(=O)c2ccc(C3CCCNC3)cc2)cc1. The van der Waals surface area contributed by atoms with E-state index in [9.17, 15) is 9.59 Å². The normalized spacial score (nSPS) is 16.8. The number of piperidine rings is 1. The van der Waals surface area contributed by atoms with Crippen molar-refractivity contribution in [2.24, 2.45) is 0 Å². The van der Waals surface area contributed by atoms with Gasteiger partial charge in [-0.15, -0.1) is 0 Å². The quantitative estimate of drug-likeness (QED) is 0.888. The number of amides is 2. The summed E-state index contributed by atoms with van der Waals surface area (Å²) in [5.41, 5.74) is 3.46. The van der Waals surface area contributed by atoms with Crippen LogP contribution in [0.1, 0.15) is 41.6 Å². The van der Waals surface area contributed by atoms with Gasteiger partial charge >= 0.3 is 0 Å². The van der Waals surface area contributed by atoms with Gasteiger partial charge in [-0.2, -0.15) is 0 Å². The minimum Gasteiger partial charge on any atom is -0.326 e. The van der Waals surface area contributed by atoms with Gasteiger partial charge in [0.1, 0.15) is 0 Å². The molecule has 3 rings (SSSR count). The Kier molecular flexibility index (Phi) is 5.68. The zero-order valence-corrected chi connectivity index (χ0v) is 15.3. The number of hydrogen-bond donors (Lipinski definition) is 2. The van der Waals surface area contributed by atoms with Gasteiger partial charge in [-0.3, -0.25) is 9.59 Å². The number of anilines is 2. The smallest absolute Gasteiger partial charge is 0.258 e. The van der Waals surface area contributed by atoms with Crippen LogP contribution in [0, 0.1) is 0 Å². The molecule has 2 amide bonds. The summed E-state index contributed by atoms with van der Waals surface area (Å²) in [7, 11) is 1.76. The third kappa shape index (κ3) is 4.29. The van der Waals surface area contributed by atoms with Crippen LogP contribution < -0.4 is 15.5 Å². The average Bonchev–Trinajstić information content (AvgIpc) is 2.68. The van der Waals surface area contributed by atoms with Crippen molar-refractivity contribution in [2.45, 2.75) is 25.7 Å². The van der Waals surface area contributed by atoms with Crippen LogP contribution in [-0.2, 0) is 4.79 Å². The molecule has 136 valence electrons. The summed E-state index contributed by atoms with van der Waals surface area (Å²) in [5, 5.41) is 6.15. The molecular formula is C21H25N3O2. The largest absolute Gasteiger partial charge is 0.326 e. The minimum absolute atomic E-state index is 0.0504. The molecule has 1 atom stereocenters. The van der Waals surface area contributed by atoms with Crippen molar-refractivity contribution in [3.63, 3.8) is 0 Å². The summed E-state index contributed by atoms with van der Waals surface area (Å²) in [6, 6.07) is 15.2. The van der Waals surface area contributed by atoms with Crippen molar-refractivity contribution in [3.05, 3.63) is 59.7 Å². The van der Waals surface area contributed by atoms with Crippen LogP contribution in [0.3, 0.4) is 0 Å². The standard InChI is InChI=1S/C21H25N3O2/c1-15(25)23-19-9-11-20(12-10-19)24(2)21(26)17-7-5-16(6-8-17)18-4-3-13-22-14-18/h5-12,18,22H,3-4,13-14H2,1-2H3,(H,23,25). The number of nitrogens with zero attached hydrogens (tertiary/aromatic N) is 1. The lowest BCUT2D eigenvalue weighted by molar-refractivity contribution is -0.114. The van der Waals surface area contributed by atoms with Crippen LogP contribution >= 0.6 is 0 Å². The number of hydrogen-bond acceptors (Lipinski definition) is 3. The van der Waals surface area contributed by atoms with Gasteiger partial charge in [-0.25, -0.2) is 0 Å². The lowest BCUT2D eigenvalue weighted by atomic mass is 9.91. The Morgan fingerprint density at radius 1 is 1.08 bits per heavy atom. The Labute approximate surface area is 154 Å². The predicted octanol–water partition coefficient (Wildman–Crippen LogP) is 3.39. The second-order valence-electron chi connectivity index (χ2n) is 6.76. The first kappa shape index (κ1) is 18.1. The topological polar surface area (TPSA) is 61.4 Å². The molecule has 1 heterocycles. The van der Waals surface area contributed by atoms with Crippen molar-refractivity contribution in [3.8, 4) is 0 Å². The highest BCUT2D eigenvalue weighted by Crippen LogP contribution is 2.24.